The van der Waals surface area contributed by atoms with E-state index in [9.17, 15) is 17.6 Å². The molecule has 30 heavy (non-hydrogen) atoms. The molecular weight excluding hydrogens is 451 g/mol. The number of thiazole rings is 1. The minimum Gasteiger partial charge on any atom is -0.345 e. The van der Waals surface area contributed by atoms with Gasteiger partial charge in [0.1, 0.15) is 5.82 Å². The molecule has 0 atom stereocenters. The molecule has 4 rings (SSSR count). The van der Waals surface area contributed by atoms with Crippen molar-refractivity contribution in [3.8, 4) is 0 Å². The molecule has 1 fully saturated rings. The second kappa shape index (κ2) is 8.01. The zero-order chi connectivity index (χ0) is 21.5. The fraction of sp³-hybridized carbons (Fsp3) is 0.263. The maximum Gasteiger partial charge on any atom is 0.256 e. The quantitative estimate of drug-likeness (QED) is 0.634. The molecule has 1 saturated heterocycles. The van der Waals surface area contributed by atoms with Crippen molar-refractivity contribution >= 4 is 59.9 Å². The van der Waals surface area contributed by atoms with Gasteiger partial charge in [-0.3, -0.25) is 9.52 Å². The maximum atomic E-state index is 13.6. The fourth-order valence-corrected chi connectivity index (χ4v) is 5.14. The summed E-state index contributed by atoms with van der Waals surface area (Å²) in [6.07, 6.45) is 0.954. The summed E-state index contributed by atoms with van der Waals surface area (Å²) in [4.78, 5) is 21.3. The Hall–Kier alpha value is -2.43. The molecule has 1 N–H and O–H groups in total. The van der Waals surface area contributed by atoms with Gasteiger partial charge in [-0.15, -0.1) is 0 Å². The Labute approximate surface area is 182 Å². The van der Waals surface area contributed by atoms with Gasteiger partial charge < -0.3 is 9.80 Å². The molecular formula is C19H18ClFN4O3S2. The van der Waals surface area contributed by atoms with Crippen LogP contribution in [-0.4, -0.2) is 56.6 Å². The van der Waals surface area contributed by atoms with Crippen LogP contribution < -0.4 is 9.62 Å². The van der Waals surface area contributed by atoms with Gasteiger partial charge in [-0.1, -0.05) is 22.9 Å². The number of aromatic nitrogens is 1. The molecule has 1 amide bonds. The summed E-state index contributed by atoms with van der Waals surface area (Å²) in [7, 11) is -3.65. The smallest absolute Gasteiger partial charge is 0.256 e. The molecule has 2 aromatic carbocycles. The number of benzene rings is 2. The van der Waals surface area contributed by atoms with E-state index in [-0.39, 0.29) is 17.2 Å². The average Bonchev–Trinajstić information content (AvgIpc) is 3.09. The number of rotatable bonds is 4. The minimum atomic E-state index is -3.65. The Morgan fingerprint density at radius 1 is 1.17 bits per heavy atom. The molecule has 1 aliphatic rings. The molecule has 3 aromatic rings. The van der Waals surface area contributed by atoms with Crippen LogP contribution in [0.3, 0.4) is 0 Å². The summed E-state index contributed by atoms with van der Waals surface area (Å²) in [6, 6.07) is 9.01. The molecule has 0 saturated carbocycles. The number of hydrogen-bond acceptors (Lipinski definition) is 6. The van der Waals surface area contributed by atoms with Gasteiger partial charge in [0, 0.05) is 31.2 Å². The Kier molecular flexibility index (Phi) is 5.56. The Morgan fingerprint density at radius 2 is 1.90 bits per heavy atom. The van der Waals surface area contributed by atoms with Gasteiger partial charge in [-0.2, -0.15) is 0 Å². The van der Waals surface area contributed by atoms with Crippen molar-refractivity contribution in [2.24, 2.45) is 0 Å². The molecule has 158 valence electrons. The molecule has 11 heteroatoms. The van der Waals surface area contributed by atoms with Gasteiger partial charge in [-0.25, -0.2) is 17.8 Å². The van der Waals surface area contributed by atoms with Crippen molar-refractivity contribution < 1.29 is 17.6 Å². The molecule has 1 aliphatic heterocycles. The summed E-state index contributed by atoms with van der Waals surface area (Å²) >= 11 is 7.59. The zero-order valence-corrected chi connectivity index (χ0v) is 18.3. The summed E-state index contributed by atoms with van der Waals surface area (Å²) in [5.74, 6) is -0.977. The number of sulfonamides is 1. The van der Waals surface area contributed by atoms with E-state index >= 15 is 0 Å². The van der Waals surface area contributed by atoms with Crippen LogP contribution in [0, 0.1) is 5.82 Å². The average molecular weight is 469 g/mol. The predicted molar refractivity (Wildman–Crippen MR) is 118 cm³/mol. The third-order valence-corrected chi connectivity index (χ3v) is 6.59. The van der Waals surface area contributed by atoms with Crippen LogP contribution in [0.1, 0.15) is 10.4 Å². The number of carbonyl (C=O) groups is 1. The Balaban J connectivity index is 1.49. The lowest BCUT2D eigenvalue weighted by Crippen LogP contribution is -2.48. The summed E-state index contributed by atoms with van der Waals surface area (Å²) < 4.78 is 40.0. The molecule has 0 aliphatic carbocycles. The van der Waals surface area contributed by atoms with Gasteiger partial charge in [-0.05, 0) is 36.4 Å². The molecule has 0 radical (unpaired) electrons. The van der Waals surface area contributed by atoms with Gasteiger partial charge in [0.2, 0.25) is 10.0 Å². The minimum absolute atomic E-state index is 0.0621. The largest absolute Gasteiger partial charge is 0.345 e. The second-order valence-electron chi connectivity index (χ2n) is 6.95. The fourth-order valence-electron chi connectivity index (χ4n) is 3.28. The topological polar surface area (TPSA) is 82.6 Å². The normalized spacial score (nSPS) is 14.9. The number of nitrogens with zero attached hydrogens (tertiary/aromatic N) is 3. The Morgan fingerprint density at radius 3 is 2.60 bits per heavy atom. The molecule has 0 spiro atoms. The highest BCUT2D eigenvalue weighted by Gasteiger charge is 2.26. The van der Waals surface area contributed by atoms with Crippen LogP contribution in [0.2, 0.25) is 5.02 Å². The van der Waals surface area contributed by atoms with Crippen LogP contribution in [0.4, 0.5) is 15.2 Å². The first-order valence-corrected chi connectivity index (χ1v) is 12.2. The molecule has 2 heterocycles. The number of anilines is 2. The second-order valence-corrected chi connectivity index (χ2v) is 10.1. The van der Waals surface area contributed by atoms with E-state index in [1.165, 1.54) is 6.07 Å². The highest BCUT2D eigenvalue weighted by molar-refractivity contribution is 7.92. The maximum absolute atomic E-state index is 13.6. The number of amides is 1. The molecule has 1 aromatic heterocycles. The van der Waals surface area contributed by atoms with E-state index in [4.69, 9.17) is 11.6 Å². The first-order chi connectivity index (χ1) is 14.2. The zero-order valence-electron chi connectivity index (χ0n) is 15.9. The van der Waals surface area contributed by atoms with Crippen LogP contribution >= 0.6 is 22.9 Å². The van der Waals surface area contributed by atoms with Crippen LogP contribution in [0.5, 0.6) is 0 Å². The predicted octanol–water partition coefficient (Wildman–Crippen LogP) is 3.42. The van der Waals surface area contributed by atoms with Crippen molar-refractivity contribution in [3.05, 3.63) is 52.8 Å². The highest BCUT2D eigenvalue weighted by Crippen LogP contribution is 2.31. The summed E-state index contributed by atoms with van der Waals surface area (Å²) in [5.41, 5.74) is 0.929. The number of carbonyl (C=O) groups excluding carboxylic acids is 1. The first-order valence-electron chi connectivity index (χ1n) is 9.07. The molecule has 0 bridgehead atoms. The van der Waals surface area contributed by atoms with Crippen LogP contribution in [0.25, 0.3) is 10.2 Å². The van der Waals surface area contributed by atoms with Gasteiger partial charge in [0.05, 0.1) is 27.7 Å². The Bertz CT molecular complexity index is 1220. The van der Waals surface area contributed by atoms with Crippen LogP contribution in [-0.2, 0) is 10.0 Å². The lowest BCUT2D eigenvalue weighted by Gasteiger charge is -2.34. The number of nitrogens with one attached hydrogen (secondary N) is 1. The van der Waals surface area contributed by atoms with E-state index < -0.39 is 15.8 Å². The van der Waals surface area contributed by atoms with E-state index in [2.05, 4.69) is 14.6 Å². The number of piperazine rings is 1. The monoisotopic (exact) mass is 468 g/mol. The van der Waals surface area contributed by atoms with Crippen molar-refractivity contribution in [2.75, 3.05) is 42.1 Å². The van der Waals surface area contributed by atoms with Gasteiger partial charge in [0.15, 0.2) is 5.13 Å². The van der Waals surface area contributed by atoms with E-state index in [0.717, 1.165) is 33.7 Å². The molecule has 0 unspecified atom stereocenters. The van der Waals surface area contributed by atoms with Crippen molar-refractivity contribution in [3.63, 3.8) is 0 Å². The third kappa shape index (κ3) is 4.50. The van der Waals surface area contributed by atoms with E-state index in [0.29, 0.717) is 31.2 Å². The van der Waals surface area contributed by atoms with E-state index in [1.54, 1.807) is 22.3 Å². The van der Waals surface area contributed by atoms with Crippen molar-refractivity contribution in [1.82, 2.24) is 9.88 Å². The van der Waals surface area contributed by atoms with E-state index in [1.807, 2.05) is 12.1 Å². The van der Waals surface area contributed by atoms with Crippen molar-refractivity contribution in [1.29, 1.82) is 0 Å². The van der Waals surface area contributed by atoms with Crippen LogP contribution in [0.15, 0.2) is 36.4 Å². The number of hydrogen-bond donors (Lipinski definition) is 1. The molecule has 7 nitrogen and oxygen atoms in total. The SMILES string of the molecule is CS(=O)(=O)Nc1cc(F)ccc1C(=O)N1CCN(c2nc3ccc(Cl)cc3s2)CC1. The first kappa shape index (κ1) is 20.8. The lowest BCUT2D eigenvalue weighted by molar-refractivity contribution is 0.0748. The summed E-state index contributed by atoms with van der Waals surface area (Å²) in [5, 5.41) is 1.52. The number of fused-ring (bicyclic) bond motifs is 1. The van der Waals surface area contributed by atoms with Gasteiger partial charge in [0.25, 0.3) is 5.91 Å². The third-order valence-electron chi connectivity index (χ3n) is 4.68. The summed E-state index contributed by atoms with van der Waals surface area (Å²) in [6.45, 7) is 2.03. The number of halogens is 2. The van der Waals surface area contributed by atoms with Crippen molar-refractivity contribution in [2.45, 2.75) is 0 Å². The lowest BCUT2D eigenvalue weighted by atomic mass is 10.1. The standard InChI is InChI=1S/C19H18ClFN4O3S2/c1-30(27,28)23-16-11-13(21)3-4-14(16)18(26)24-6-8-25(9-7-24)19-22-15-5-2-12(20)10-17(15)29-19/h2-5,10-11,23H,6-9H2,1H3. The highest BCUT2D eigenvalue weighted by atomic mass is 35.5. The van der Waals surface area contributed by atoms with Gasteiger partial charge >= 0.3 is 0 Å².